The zero-order valence-electron chi connectivity index (χ0n) is 7.22. The van der Waals surface area contributed by atoms with Crippen LogP contribution in [-0.2, 0) is 0 Å². The van der Waals surface area contributed by atoms with E-state index in [0.29, 0.717) is 5.92 Å². The van der Waals surface area contributed by atoms with Gasteiger partial charge >= 0.3 is 0 Å². The minimum Gasteiger partial charge on any atom is -0.496 e. The van der Waals surface area contributed by atoms with Gasteiger partial charge in [0.25, 0.3) is 0 Å². The highest BCUT2D eigenvalue weighted by Crippen LogP contribution is 2.17. The van der Waals surface area contributed by atoms with E-state index in [4.69, 9.17) is 4.74 Å². The highest BCUT2D eigenvalue weighted by molar-refractivity contribution is 5.27. The molecule has 0 saturated heterocycles. The molecule has 0 bridgehead atoms. The van der Waals surface area contributed by atoms with Crippen LogP contribution >= 0.6 is 0 Å². The van der Waals surface area contributed by atoms with Crippen LogP contribution < -0.4 is 4.74 Å². The fourth-order valence-corrected chi connectivity index (χ4v) is 0.909. The quantitative estimate of drug-likeness (QED) is 0.628. The van der Waals surface area contributed by atoms with Crippen LogP contribution in [-0.4, -0.2) is 7.11 Å². The monoisotopic (exact) mass is 149 g/mol. The molecule has 1 nitrogen and oxygen atoms in total. The first-order chi connectivity index (χ1) is 5.24. The highest BCUT2D eigenvalue weighted by atomic mass is 16.5. The summed E-state index contributed by atoms with van der Waals surface area (Å²) in [6.07, 6.45) is 0. The van der Waals surface area contributed by atoms with Gasteiger partial charge in [-0.05, 0) is 23.6 Å². The Morgan fingerprint density at radius 2 is 2.09 bits per heavy atom. The number of benzene rings is 1. The first-order valence-electron chi connectivity index (χ1n) is 3.79. The summed E-state index contributed by atoms with van der Waals surface area (Å²) in [5.41, 5.74) is 1.30. The van der Waals surface area contributed by atoms with Gasteiger partial charge in [-0.15, -0.1) is 0 Å². The third-order valence-corrected chi connectivity index (χ3v) is 1.69. The van der Waals surface area contributed by atoms with E-state index >= 15 is 0 Å². The van der Waals surface area contributed by atoms with Gasteiger partial charge in [0.1, 0.15) is 5.75 Å². The Balaban J connectivity index is 2.83. The summed E-state index contributed by atoms with van der Waals surface area (Å²) < 4.78 is 4.99. The van der Waals surface area contributed by atoms with Crippen LogP contribution in [0.15, 0.2) is 18.2 Å². The molecule has 0 amide bonds. The van der Waals surface area contributed by atoms with E-state index in [1.165, 1.54) is 5.56 Å². The van der Waals surface area contributed by atoms with Crippen molar-refractivity contribution < 1.29 is 4.74 Å². The van der Waals surface area contributed by atoms with Crippen LogP contribution in [0.3, 0.4) is 0 Å². The van der Waals surface area contributed by atoms with Gasteiger partial charge in [-0.1, -0.05) is 19.9 Å². The van der Waals surface area contributed by atoms with Crippen LogP contribution in [0, 0.1) is 6.07 Å². The third kappa shape index (κ3) is 1.97. The molecule has 1 aromatic rings. The lowest BCUT2D eigenvalue weighted by Gasteiger charge is -2.04. The topological polar surface area (TPSA) is 9.23 Å². The Bertz CT molecular complexity index is 211. The average molecular weight is 149 g/mol. The van der Waals surface area contributed by atoms with Crippen molar-refractivity contribution in [2.24, 2.45) is 0 Å². The standard InChI is InChI=1S/C10H13O/c1-8(2)9-4-6-10(11-3)7-5-9/h4-6,8H,1-3H3. The van der Waals surface area contributed by atoms with E-state index in [1.54, 1.807) is 7.11 Å². The first-order valence-corrected chi connectivity index (χ1v) is 3.79. The van der Waals surface area contributed by atoms with Crippen LogP contribution in [0.1, 0.15) is 25.3 Å². The lowest BCUT2D eigenvalue weighted by Crippen LogP contribution is -1.87. The summed E-state index contributed by atoms with van der Waals surface area (Å²) in [6.45, 7) is 4.32. The number of ether oxygens (including phenoxy) is 1. The molecule has 1 aromatic carbocycles. The van der Waals surface area contributed by atoms with E-state index in [2.05, 4.69) is 26.0 Å². The Kier molecular flexibility index (Phi) is 2.53. The molecule has 0 unspecified atom stereocenters. The maximum absolute atomic E-state index is 4.99. The van der Waals surface area contributed by atoms with Crippen molar-refractivity contribution >= 4 is 0 Å². The second-order valence-electron chi connectivity index (χ2n) is 2.85. The van der Waals surface area contributed by atoms with Gasteiger partial charge in [0.15, 0.2) is 0 Å². The summed E-state index contributed by atoms with van der Waals surface area (Å²) in [6, 6.07) is 9.03. The predicted octanol–water partition coefficient (Wildman–Crippen LogP) is 2.62. The summed E-state index contributed by atoms with van der Waals surface area (Å²) in [5, 5.41) is 0. The number of rotatable bonds is 2. The van der Waals surface area contributed by atoms with Crippen LogP contribution in [0.25, 0.3) is 0 Å². The highest BCUT2D eigenvalue weighted by Gasteiger charge is 1.97. The van der Waals surface area contributed by atoms with Crippen molar-refractivity contribution in [3.63, 3.8) is 0 Å². The molecule has 59 valence electrons. The molecule has 1 rings (SSSR count). The van der Waals surface area contributed by atoms with Crippen LogP contribution in [0.2, 0.25) is 0 Å². The Labute approximate surface area is 68.0 Å². The molecule has 0 aliphatic carbocycles. The van der Waals surface area contributed by atoms with Gasteiger partial charge in [-0.25, -0.2) is 0 Å². The lowest BCUT2D eigenvalue weighted by atomic mass is 10.0. The molecule has 0 heterocycles. The number of hydrogen-bond donors (Lipinski definition) is 0. The predicted molar refractivity (Wildman–Crippen MR) is 45.9 cm³/mol. The van der Waals surface area contributed by atoms with Gasteiger partial charge in [0.05, 0.1) is 7.11 Å². The molecule has 0 aliphatic heterocycles. The summed E-state index contributed by atoms with van der Waals surface area (Å²) in [7, 11) is 1.65. The van der Waals surface area contributed by atoms with Crippen molar-refractivity contribution in [2.75, 3.05) is 7.11 Å². The van der Waals surface area contributed by atoms with Gasteiger partial charge < -0.3 is 4.74 Å². The molecular weight excluding hydrogens is 136 g/mol. The lowest BCUT2D eigenvalue weighted by molar-refractivity contribution is 0.413. The SMILES string of the molecule is COc1[c]cc(C(C)C)cc1. The minimum absolute atomic E-state index is 0.567. The van der Waals surface area contributed by atoms with Crippen molar-refractivity contribution in [1.29, 1.82) is 0 Å². The van der Waals surface area contributed by atoms with Gasteiger partial charge in [0.2, 0.25) is 0 Å². The smallest absolute Gasteiger partial charge is 0.126 e. The Morgan fingerprint density at radius 3 is 2.45 bits per heavy atom. The van der Waals surface area contributed by atoms with Crippen molar-refractivity contribution in [3.8, 4) is 5.75 Å². The van der Waals surface area contributed by atoms with Gasteiger partial charge in [-0.2, -0.15) is 0 Å². The molecule has 0 atom stereocenters. The second kappa shape index (κ2) is 3.42. The van der Waals surface area contributed by atoms with Crippen LogP contribution in [0.5, 0.6) is 5.75 Å². The molecule has 0 saturated carbocycles. The van der Waals surface area contributed by atoms with Crippen molar-refractivity contribution in [3.05, 3.63) is 29.8 Å². The van der Waals surface area contributed by atoms with Crippen molar-refractivity contribution in [2.45, 2.75) is 19.8 Å². The van der Waals surface area contributed by atoms with E-state index in [0.717, 1.165) is 5.75 Å². The zero-order valence-corrected chi connectivity index (χ0v) is 7.22. The van der Waals surface area contributed by atoms with E-state index in [1.807, 2.05) is 12.1 Å². The molecule has 11 heavy (non-hydrogen) atoms. The molecule has 0 N–H and O–H groups in total. The average Bonchev–Trinajstić information content (AvgIpc) is 2.05. The molecule has 0 spiro atoms. The Morgan fingerprint density at radius 1 is 1.36 bits per heavy atom. The molecule has 1 radical (unpaired) electrons. The maximum atomic E-state index is 4.99. The minimum atomic E-state index is 0.567. The van der Waals surface area contributed by atoms with Gasteiger partial charge in [-0.3, -0.25) is 0 Å². The fourth-order valence-electron chi connectivity index (χ4n) is 0.909. The fraction of sp³-hybridized carbons (Fsp3) is 0.400. The molecule has 0 aromatic heterocycles. The largest absolute Gasteiger partial charge is 0.496 e. The van der Waals surface area contributed by atoms with E-state index in [-0.39, 0.29) is 0 Å². The third-order valence-electron chi connectivity index (χ3n) is 1.69. The normalized spacial score (nSPS) is 10.2. The summed E-state index contributed by atoms with van der Waals surface area (Å²) in [4.78, 5) is 0. The number of methoxy groups -OCH3 is 1. The molecule has 0 aliphatic rings. The zero-order chi connectivity index (χ0) is 8.27. The second-order valence-corrected chi connectivity index (χ2v) is 2.85. The molecule has 0 fully saturated rings. The molecular formula is C10H13O. The van der Waals surface area contributed by atoms with Gasteiger partial charge in [0, 0.05) is 6.07 Å². The number of hydrogen-bond acceptors (Lipinski definition) is 1. The first kappa shape index (κ1) is 8.12. The van der Waals surface area contributed by atoms with E-state index in [9.17, 15) is 0 Å². The summed E-state index contributed by atoms with van der Waals surface area (Å²) in [5.74, 6) is 1.37. The molecule has 1 heteroatoms. The maximum Gasteiger partial charge on any atom is 0.126 e. The van der Waals surface area contributed by atoms with Crippen LogP contribution in [0.4, 0.5) is 0 Å². The van der Waals surface area contributed by atoms with Crippen molar-refractivity contribution in [1.82, 2.24) is 0 Å². The Hall–Kier alpha value is -0.980. The van der Waals surface area contributed by atoms with E-state index < -0.39 is 0 Å². The summed E-state index contributed by atoms with van der Waals surface area (Å²) >= 11 is 0.